The van der Waals surface area contributed by atoms with Crippen molar-refractivity contribution in [2.24, 2.45) is 5.73 Å². The van der Waals surface area contributed by atoms with Crippen LogP contribution in [-0.4, -0.2) is 0 Å². The van der Waals surface area contributed by atoms with E-state index in [1.165, 1.54) is 0 Å². The quantitative estimate of drug-likeness (QED) is 0.785. The summed E-state index contributed by atoms with van der Waals surface area (Å²) >= 11 is 6.04. The van der Waals surface area contributed by atoms with Crippen molar-refractivity contribution >= 4 is 22.6 Å². The fourth-order valence-corrected chi connectivity index (χ4v) is 2.31. The zero-order valence-electron chi connectivity index (χ0n) is 10.8. The summed E-state index contributed by atoms with van der Waals surface area (Å²) in [5.41, 5.74) is 7.52. The molecule has 0 amide bonds. The van der Waals surface area contributed by atoms with Crippen molar-refractivity contribution in [1.29, 1.82) is 0 Å². The van der Waals surface area contributed by atoms with Gasteiger partial charge in [0.05, 0.1) is 5.02 Å². The summed E-state index contributed by atoms with van der Waals surface area (Å²) in [6.07, 6.45) is 0. The topological polar surface area (TPSA) is 48.4 Å². The van der Waals surface area contributed by atoms with Crippen LogP contribution in [0.4, 0.5) is 0 Å². The van der Waals surface area contributed by atoms with Crippen molar-refractivity contribution in [3.8, 4) is 5.75 Å². The van der Waals surface area contributed by atoms with Gasteiger partial charge in [0.25, 0.3) is 0 Å². The third kappa shape index (κ3) is 2.50. The summed E-state index contributed by atoms with van der Waals surface area (Å²) in [5.74, 6) is 1.40. The SMILES string of the molecule is NCc1cccc2cc(COc3ccccc3Cl)oc12. The van der Waals surface area contributed by atoms with Gasteiger partial charge in [-0.2, -0.15) is 0 Å². The molecule has 0 spiro atoms. The number of ether oxygens (including phenoxy) is 1. The molecule has 3 rings (SSSR count). The second-order valence-electron chi connectivity index (χ2n) is 4.47. The number of furan rings is 1. The normalized spacial score (nSPS) is 10.9. The molecule has 102 valence electrons. The Kier molecular flexibility index (Phi) is 3.63. The minimum absolute atomic E-state index is 0.336. The molecule has 0 fully saturated rings. The van der Waals surface area contributed by atoms with Crippen LogP contribution in [0.2, 0.25) is 5.02 Å². The number of halogens is 1. The Morgan fingerprint density at radius 1 is 1.10 bits per heavy atom. The van der Waals surface area contributed by atoms with E-state index in [4.69, 9.17) is 26.5 Å². The molecule has 0 aliphatic heterocycles. The maximum absolute atomic E-state index is 6.04. The van der Waals surface area contributed by atoms with Gasteiger partial charge in [-0.1, -0.05) is 41.9 Å². The first-order valence-corrected chi connectivity index (χ1v) is 6.73. The Labute approximate surface area is 121 Å². The molecule has 20 heavy (non-hydrogen) atoms. The molecule has 0 unspecified atom stereocenters. The maximum atomic E-state index is 6.04. The number of hydrogen-bond donors (Lipinski definition) is 1. The number of nitrogens with two attached hydrogens (primary N) is 1. The first-order chi connectivity index (χ1) is 9.78. The highest BCUT2D eigenvalue weighted by Crippen LogP contribution is 2.26. The molecule has 4 heteroatoms. The lowest BCUT2D eigenvalue weighted by atomic mass is 10.1. The van der Waals surface area contributed by atoms with Crippen LogP contribution in [0.5, 0.6) is 5.75 Å². The first kappa shape index (κ1) is 13.0. The molecule has 3 nitrogen and oxygen atoms in total. The molecule has 0 radical (unpaired) electrons. The lowest BCUT2D eigenvalue weighted by Gasteiger charge is -2.05. The van der Waals surface area contributed by atoms with Crippen molar-refractivity contribution in [3.63, 3.8) is 0 Å². The molecule has 0 saturated carbocycles. The van der Waals surface area contributed by atoms with Gasteiger partial charge in [0, 0.05) is 17.5 Å². The second-order valence-corrected chi connectivity index (χ2v) is 4.88. The van der Waals surface area contributed by atoms with E-state index >= 15 is 0 Å². The van der Waals surface area contributed by atoms with Crippen LogP contribution in [-0.2, 0) is 13.2 Å². The highest BCUT2D eigenvalue weighted by molar-refractivity contribution is 6.32. The first-order valence-electron chi connectivity index (χ1n) is 6.35. The van der Waals surface area contributed by atoms with Gasteiger partial charge in [0.2, 0.25) is 0 Å². The summed E-state index contributed by atoms with van der Waals surface area (Å²) in [6.45, 7) is 0.790. The Hall–Kier alpha value is -1.97. The van der Waals surface area contributed by atoms with Crippen molar-refractivity contribution in [3.05, 3.63) is 64.9 Å². The van der Waals surface area contributed by atoms with Crippen LogP contribution in [0.15, 0.2) is 52.9 Å². The van der Waals surface area contributed by atoms with Gasteiger partial charge >= 0.3 is 0 Å². The number of benzene rings is 2. The van der Waals surface area contributed by atoms with Gasteiger partial charge in [0.15, 0.2) is 0 Å². The predicted molar refractivity (Wildman–Crippen MR) is 79.9 cm³/mol. The lowest BCUT2D eigenvalue weighted by Crippen LogP contribution is -1.96. The molecule has 0 atom stereocenters. The molecular weight excluding hydrogens is 274 g/mol. The number of para-hydroxylation sites is 2. The summed E-state index contributed by atoms with van der Waals surface area (Å²) in [5, 5.41) is 1.62. The van der Waals surface area contributed by atoms with E-state index < -0.39 is 0 Å². The summed E-state index contributed by atoms with van der Waals surface area (Å²) in [7, 11) is 0. The zero-order chi connectivity index (χ0) is 13.9. The molecule has 0 saturated heterocycles. The molecule has 0 bridgehead atoms. The van der Waals surface area contributed by atoms with Crippen LogP contribution in [0.3, 0.4) is 0 Å². The largest absolute Gasteiger partial charge is 0.484 e. The average molecular weight is 288 g/mol. The number of rotatable bonds is 4. The van der Waals surface area contributed by atoms with E-state index in [1.807, 2.05) is 42.5 Å². The Bertz CT molecular complexity index is 736. The minimum Gasteiger partial charge on any atom is -0.484 e. The van der Waals surface area contributed by atoms with Gasteiger partial charge < -0.3 is 14.9 Å². The maximum Gasteiger partial charge on any atom is 0.146 e. The second kappa shape index (κ2) is 5.57. The number of fused-ring (bicyclic) bond motifs is 1. The highest BCUT2D eigenvalue weighted by atomic mass is 35.5. The molecule has 0 aliphatic carbocycles. The predicted octanol–water partition coefficient (Wildman–Crippen LogP) is 4.12. The lowest BCUT2D eigenvalue weighted by molar-refractivity contribution is 0.274. The molecule has 2 aromatic carbocycles. The zero-order valence-corrected chi connectivity index (χ0v) is 11.6. The van der Waals surface area contributed by atoms with Crippen LogP contribution in [0.1, 0.15) is 11.3 Å². The van der Waals surface area contributed by atoms with Crippen LogP contribution in [0, 0.1) is 0 Å². The van der Waals surface area contributed by atoms with Crippen molar-refractivity contribution < 1.29 is 9.15 Å². The van der Waals surface area contributed by atoms with Gasteiger partial charge in [-0.15, -0.1) is 0 Å². The van der Waals surface area contributed by atoms with Crippen molar-refractivity contribution in [2.75, 3.05) is 0 Å². The smallest absolute Gasteiger partial charge is 0.146 e. The highest BCUT2D eigenvalue weighted by Gasteiger charge is 2.08. The third-order valence-electron chi connectivity index (χ3n) is 3.10. The third-order valence-corrected chi connectivity index (χ3v) is 3.42. The van der Waals surface area contributed by atoms with E-state index in [1.54, 1.807) is 6.07 Å². The summed E-state index contributed by atoms with van der Waals surface area (Å²) in [4.78, 5) is 0. The fourth-order valence-electron chi connectivity index (χ4n) is 2.12. The van der Waals surface area contributed by atoms with Crippen LogP contribution >= 0.6 is 11.6 Å². The number of hydrogen-bond acceptors (Lipinski definition) is 3. The molecule has 0 aliphatic rings. The van der Waals surface area contributed by atoms with E-state index in [0.717, 1.165) is 22.3 Å². The van der Waals surface area contributed by atoms with Crippen molar-refractivity contribution in [2.45, 2.75) is 13.2 Å². The minimum atomic E-state index is 0.336. The molecular formula is C16H14ClNO2. The van der Waals surface area contributed by atoms with Crippen molar-refractivity contribution in [1.82, 2.24) is 0 Å². The van der Waals surface area contributed by atoms with Crippen LogP contribution < -0.4 is 10.5 Å². The summed E-state index contributed by atoms with van der Waals surface area (Å²) < 4.78 is 11.5. The molecule has 1 aromatic heterocycles. The van der Waals surface area contributed by atoms with E-state index in [0.29, 0.717) is 23.9 Å². The van der Waals surface area contributed by atoms with Gasteiger partial charge in [-0.25, -0.2) is 0 Å². The molecule has 1 heterocycles. The van der Waals surface area contributed by atoms with E-state index in [-0.39, 0.29) is 0 Å². The monoisotopic (exact) mass is 287 g/mol. The van der Waals surface area contributed by atoms with Gasteiger partial charge in [-0.05, 0) is 18.2 Å². The van der Waals surface area contributed by atoms with Gasteiger partial charge in [-0.3, -0.25) is 0 Å². The average Bonchev–Trinajstić information content (AvgIpc) is 2.89. The molecule has 3 aromatic rings. The standard InChI is InChI=1S/C16H14ClNO2/c17-14-6-1-2-7-15(14)19-10-13-8-11-4-3-5-12(9-18)16(11)20-13/h1-8H,9-10,18H2. The Balaban J connectivity index is 1.83. The van der Waals surface area contributed by atoms with E-state index in [2.05, 4.69) is 0 Å². The fraction of sp³-hybridized carbons (Fsp3) is 0.125. The summed E-state index contributed by atoms with van der Waals surface area (Å²) in [6, 6.07) is 15.3. The Morgan fingerprint density at radius 3 is 2.75 bits per heavy atom. The Morgan fingerprint density at radius 2 is 1.95 bits per heavy atom. The van der Waals surface area contributed by atoms with Gasteiger partial charge in [0.1, 0.15) is 23.7 Å². The molecule has 2 N–H and O–H groups in total. The van der Waals surface area contributed by atoms with Crippen LogP contribution in [0.25, 0.3) is 11.0 Å². The van der Waals surface area contributed by atoms with E-state index in [9.17, 15) is 0 Å².